The van der Waals surface area contributed by atoms with E-state index < -0.39 is 46.2 Å². The summed E-state index contributed by atoms with van der Waals surface area (Å²) in [4.78, 5) is 24.0. The molecule has 0 spiro atoms. The summed E-state index contributed by atoms with van der Waals surface area (Å²) < 4.78 is 58.5. The van der Waals surface area contributed by atoms with E-state index in [0.29, 0.717) is 0 Å². The van der Waals surface area contributed by atoms with Crippen molar-refractivity contribution >= 4 is 11.8 Å². The Kier molecular flexibility index (Phi) is 5.02. The van der Waals surface area contributed by atoms with Crippen LogP contribution in [0.3, 0.4) is 0 Å². The molecule has 124 valence electrons. The Balaban J connectivity index is 2.44. The van der Waals surface area contributed by atoms with Gasteiger partial charge in [0.1, 0.15) is 11.1 Å². The molecule has 0 heterocycles. The van der Waals surface area contributed by atoms with E-state index in [2.05, 4.69) is 10.1 Å². The van der Waals surface area contributed by atoms with Crippen molar-refractivity contribution in [2.24, 2.45) is 0 Å². The molecule has 1 saturated carbocycles. The fourth-order valence-electron chi connectivity index (χ4n) is 1.78. The third-order valence-electron chi connectivity index (χ3n) is 3.12. The first kappa shape index (κ1) is 17.0. The predicted octanol–water partition coefficient (Wildman–Crippen LogP) is 2.62. The number of esters is 1. The standard InChI is InChI=1S/C15H13F4NO3/c1-2-23-15(22)8(6-20-7-3-4-7)14(21)11-12(18)9(16)5-10(17)13(11)19/h5-7,20H,2-4H2,1H3. The largest absolute Gasteiger partial charge is 0.462 e. The van der Waals surface area contributed by atoms with Crippen LogP contribution in [0.1, 0.15) is 30.1 Å². The van der Waals surface area contributed by atoms with Crippen LogP contribution in [0.25, 0.3) is 0 Å². The summed E-state index contributed by atoms with van der Waals surface area (Å²) in [5.74, 6) is -9.83. The average Bonchev–Trinajstić information content (AvgIpc) is 3.30. The molecule has 1 aromatic rings. The number of rotatable bonds is 6. The van der Waals surface area contributed by atoms with E-state index in [-0.39, 0.29) is 18.7 Å². The van der Waals surface area contributed by atoms with E-state index in [9.17, 15) is 27.2 Å². The van der Waals surface area contributed by atoms with Crippen LogP contribution in [0.5, 0.6) is 0 Å². The van der Waals surface area contributed by atoms with Gasteiger partial charge in [0, 0.05) is 18.3 Å². The molecule has 0 atom stereocenters. The Hall–Kier alpha value is -2.38. The van der Waals surface area contributed by atoms with E-state index in [1.54, 1.807) is 0 Å². The molecule has 1 fully saturated rings. The minimum Gasteiger partial charge on any atom is -0.462 e. The summed E-state index contributed by atoms with van der Waals surface area (Å²) in [6, 6.07) is 0.0173. The lowest BCUT2D eigenvalue weighted by Crippen LogP contribution is -2.22. The normalized spacial score (nSPS) is 14.6. The lowest BCUT2D eigenvalue weighted by molar-refractivity contribution is -0.138. The van der Waals surface area contributed by atoms with E-state index >= 15 is 0 Å². The van der Waals surface area contributed by atoms with E-state index in [4.69, 9.17) is 0 Å². The van der Waals surface area contributed by atoms with Gasteiger partial charge in [-0.1, -0.05) is 0 Å². The van der Waals surface area contributed by atoms with Gasteiger partial charge in [0.2, 0.25) is 5.78 Å². The van der Waals surface area contributed by atoms with Crippen molar-refractivity contribution in [2.45, 2.75) is 25.8 Å². The summed E-state index contributed by atoms with van der Waals surface area (Å²) >= 11 is 0. The van der Waals surface area contributed by atoms with Crippen LogP contribution in [0.2, 0.25) is 0 Å². The smallest absolute Gasteiger partial charge is 0.343 e. The van der Waals surface area contributed by atoms with E-state index in [1.807, 2.05) is 0 Å². The molecule has 1 aromatic carbocycles. The molecule has 0 unspecified atom stereocenters. The van der Waals surface area contributed by atoms with E-state index in [1.165, 1.54) is 6.92 Å². The average molecular weight is 331 g/mol. The fourth-order valence-corrected chi connectivity index (χ4v) is 1.78. The Labute approximate surface area is 129 Å². The van der Waals surface area contributed by atoms with E-state index in [0.717, 1.165) is 19.0 Å². The molecule has 1 aliphatic carbocycles. The first-order chi connectivity index (χ1) is 10.9. The topological polar surface area (TPSA) is 55.4 Å². The van der Waals surface area contributed by atoms with Crippen LogP contribution in [0.15, 0.2) is 17.8 Å². The fraction of sp³-hybridized carbons (Fsp3) is 0.333. The highest BCUT2D eigenvalue weighted by molar-refractivity contribution is 6.24. The second-order valence-electron chi connectivity index (χ2n) is 4.89. The summed E-state index contributed by atoms with van der Waals surface area (Å²) in [5, 5.41) is 2.70. The lowest BCUT2D eigenvalue weighted by Gasteiger charge is -2.09. The number of ether oxygens (including phenoxy) is 1. The van der Waals surface area contributed by atoms with Crippen LogP contribution in [0.4, 0.5) is 17.6 Å². The highest BCUT2D eigenvalue weighted by Gasteiger charge is 2.31. The first-order valence-corrected chi connectivity index (χ1v) is 6.87. The molecule has 23 heavy (non-hydrogen) atoms. The number of hydrogen-bond acceptors (Lipinski definition) is 4. The third kappa shape index (κ3) is 3.69. The van der Waals surface area contributed by atoms with Gasteiger partial charge in [-0.3, -0.25) is 4.79 Å². The molecule has 0 amide bonds. The first-order valence-electron chi connectivity index (χ1n) is 6.87. The minimum absolute atomic E-state index is 0.0162. The highest BCUT2D eigenvalue weighted by Crippen LogP contribution is 2.23. The van der Waals surface area contributed by atoms with Crippen molar-refractivity contribution in [1.29, 1.82) is 0 Å². The maximum Gasteiger partial charge on any atom is 0.343 e. The lowest BCUT2D eigenvalue weighted by atomic mass is 10.0. The number of nitrogens with one attached hydrogen (secondary N) is 1. The van der Waals surface area contributed by atoms with Crippen molar-refractivity contribution in [3.63, 3.8) is 0 Å². The van der Waals surface area contributed by atoms with Crippen molar-refractivity contribution < 1.29 is 31.9 Å². The van der Waals surface area contributed by atoms with Gasteiger partial charge in [-0.2, -0.15) is 0 Å². The zero-order valence-electron chi connectivity index (χ0n) is 12.1. The van der Waals surface area contributed by atoms with Gasteiger partial charge in [-0.05, 0) is 19.8 Å². The predicted molar refractivity (Wildman–Crippen MR) is 71.5 cm³/mol. The van der Waals surface area contributed by atoms with Gasteiger partial charge in [0.25, 0.3) is 0 Å². The molecule has 1 aliphatic rings. The molecular formula is C15H13F4NO3. The molecule has 0 saturated heterocycles. The number of carbonyl (C=O) groups is 2. The number of benzene rings is 1. The Morgan fingerprint density at radius 3 is 2.26 bits per heavy atom. The third-order valence-corrected chi connectivity index (χ3v) is 3.12. The highest BCUT2D eigenvalue weighted by atomic mass is 19.2. The van der Waals surface area contributed by atoms with Gasteiger partial charge in [0.05, 0.1) is 6.61 Å². The second-order valence-corrected chi connectivity index (χ2v) is 4.89. The SMILES string of the molecule is CCOC(=O)C(=CNC1CC1)C(=O)c1c(F)c(F)cc(F)c1F. The summed E-state index contributed by atoms with van der Waals surface area (Å²) in [6.45, 7) is 1.38. The zero-order valence-corrected chi connectivity index (χ0v) is 12.1. The molecule has 1 N–H and O–H groups in total. The van der Waals surface area contributed by atoms with Crippen molar-refractivity contribution in [3.8, 4) is 0 Å². The molecular weight excluding hydrogens is 318 g/mol. The number of hydrogen-bond donors (Lipinski definition) is 1. The van der Waals surface area contributed by atoms with Crippen LogP contribution in [-0.4, -0.2) is 24.4 Å². The van der Waals surface area contributed by atoms with Crippen LogP contribution in [-0.2, 0) is 9.53 Å². The number of ketones is 1. The second kappa shape index (κ2) is 6.80. The Bertz CT molecular complexity index is 658. The maximum absolute atomic E-state index is 13.7. The van der Waals surface area contributed by atoms with Crippen molar-refractivity contribution in [2.75, 3.05) is 6.61 Å². The minimum atomic E-state index is -1.87. The molecule has 0 radical (unpaired) electrons. The number of carbonyl (C=O) groups excluding carboxylic acids is 2. The van der Waals surface area contributed by atoms with Crippen molar-refractivity contribution in [3.05, 3.63) is 46.7 Å². The van der Waals surface area contributed by atoms with Gasteiger partial charge in [-0.15, -0.1) is 0 Å². The summed E-state index contributed by atoms with van der Waals surface area (Å²) in [7, 11) is 0. The summed E-state index contributed by atoms with van der Waals surface area (Å²) in [6.07, 6.45) is 2.57. The number of halogens is 4. The van der Waals surface area contributed by atoms with Gasteiger partial charge in [0.15, 0.2) is 23.3 Å². The molecule has 4 nitrogen and oxygen atoms in total. The molecule has 2 rings (SSSR count). The van der Waals surface area contributed by atoms with Gasteiger partial charge in [-0.25, -0.2) is 22.4 Å². The Morgan fingerprint density at radius 2 is 1.78 bits per heavy atom. The molecule has 0 aliphatic heterocycles. The molecule has 0 bridgehead atoms. The number of Topliss-reactive ketones (excluding diaryl/α,β-unsaturated/α-hetero) is 1. The molecule has 0 aromatic heterocycles. The Morgan fingerprint density at radius 1 is 1.22 bits per heavy atom. The van der Waals surface area contributed by atoms with Gasteiger partial charge < -0.3 is 10.1 Å². The van der Waals surface area contributed by atoms with Crippen LogP contribution < -0.4 is 5.32 Å². The molecule has 8 heteroatoms. The van der Waals surface area contributed by atoms with Crippen LogP contribution >= 0.6 is 0 Å². The summed E-state index contributed by atoms with van der Waals surface area (Å²) in [5.41, 5.74) is -2.21. The quantitative estimate of drug-likeness (QED) is 0.166. The van der Waals surface area contributed by atoms with Crippen LogP contribution in [0, 0.1) is 23.3 Å². The monoisotopic (exact) mass is 331 g/mol. The van der Waals surface area contributed by atoms with Crippen molar-refractivity contribution in [1.82, 2.24) is 5.32 Å². The van der Waals surface area contributed by atoms with Gasteiger partial charge >= 0.3 is 5.97 Å². The maximum atomic E-state index is 13.7. The zero-order chi connectivity index (χ0) is 17.1.